The molecule has 3 nitrogen and oxygen atoms in total. The molecule has 3 heteroatoms. The van der Waals surface area contributed by atoms with Gasteiger partial charge in [-0.05, 0) is 16.7 Å². The molecular weight excluding hydrogens is 274 g/mol. The van der Waals surface area contributed by atoms with Crippen molar-refractivity contribution in [3.8, 4) is 11.1 Å². The summed E-state index contributed by atoms with van der Waals surface area (Å²) in [6.45, 7) is 4.41. The van der Waals surface area contributed by atoms with Crippen LogP contribution in [0.4, 0.5) is 0 Å². The Morgan fingerprint density at radius 3 is 2.45 bits per heavy atom. The predicted molar refractivity (Wildman–Crippen MR) is 86.8 cm³/mol. The van der Waals surface area contributed by atoms with Crippen molar-refractivity contribution in [2.45, 2.75) is 12.1 Å². The maximum absolute atomic E-state index is 6.06. The molecule has 0 saturated carbocycles. The zero-order valence-corrected chi connectivity index (χ0v) is 12.7. The lowest BCUT2D eigenvalue weighted by atomic mass is 10.0. The van der Waals surface area contributed by atoms with Gasteiger partial charge in [-0.15, -0.1) is 0 Å². The van der Waals surface area contributed by atoms with E-state index in [-0.39, 0.29) is 6.10 Å². The third kappa shape index (κ3) is 2.80. The first-order chi connectivity index (χ1) is 10.9. The molecular formula is C19H21NO2. The molecule has 2 saturated heterocycles. The van der Waals surface area contributed by atoms with Crippen LogP contribution in [-0.4, -0.2) is 43.9 Å². The SMILES string of the molecule is c1ccc(-c2ccc(C3CN4CCOCC4CO3)cc2)cc1. The van der Waals surface area contributed by atoms with E-state index in [0.29, 0.717) is 6.04 Å². The van der Waals surface area contributed by atoms with Gasteiger partial charge in [0.05, 0.1) is 32.0 Å². The van der Waals surface area contributed by atoms with Gasteiger partial charge in [0, 0.05) is 13.1 Å². The predicted octanol–water partition coefficient (Wildman–Crippen LogP) is 3.13. The van der Waals surface area contributed by atoms with E-state index in [9.17, 15) is 0 Å². The van der Waals surface area contributed by atoms with Crippen molar-refractivity contribution in [3.05, 3.63) is 60.2 Å². The minimum Gasteiger partial charge on any atom is -0.378 e. The number of rotatable bonds is 2. The number of hydrogen-bond donors (Lipinski definition) is 0. The van der Waals surface area contributed by atoms with Crippen LogP contribution in [0.3, 0.4) is 0 Å². The topological polar surface area (TPSA) is 21.7 Å². The van der Waals surface area contributed by atoms with Gasteiger partial charge in [-0.3, -0.25) is 4.90 Å². The van der Waals surface area contributed by atoms with Gasteiger partial charge in [0.15, 0.2) is 0 Å². The Kier molecular flexibility index (Phi) is 3.94. The van der Waals surface area contributed by atoms with E-state index in [1.54, 1.807) is 0 Å². The van der Waals surface area contributed by atoms with E-state index in [4.69, 9.17) is 9.47 Å². The standard InChI is InChI=1S/C19H21NO2/c1-2-4-15(5-3-1)16-6-8-17(9-7-16)19-12-20-10-11-21-13-18(20)14-22-19/h1-9,18-19H,10-14H2. The number of fused-ring (bicyclic) bond motifs is 1. The number of ether oxygens (including phenoxy) is 2. The summed E-state index contributed by atoms with van der Waals surface area (Å²) in [6, 6.07) is 19.7. The minimum atomic E-state index is 0.180. The van der Waals surface area contributed by atoms with Crippen LogP contribution >= 0.6 is 0 Å². The second kappa shape index (κ2) is 6.21. The van der Waals surface area contributed by atoms with E-state index in [1.165, 1.54) is 16.7 Å². The largest absolute Gasteiger partial charge is 0.378 e. The van der Waals surface area contributed by atoms with Gasteiger partial charge in [0.2, 0.25) is 0 Å². The molecule has 0 amide bonds. The summed E-state index contributed by atoms with van der Waals surface area (Å²) in [5.41, 5.74) is 3.78. The highest BCUT2D eigenvalue weighted by Gasteiger charge is 2.31. The number of hydrogen-bond acceptors (Lipinski definition) is 3. The van der Waals surface area contributed by atoms with Crippen molar-refractivity contribution in [3.63, 3.8) is 0 Å². The summed E-state index contributed by atoms with van der Waals surface area (Å²) in [4.78, 5) is 2.50. The third-order valence-electron chi connectivity index (χ3n) is 4.63. The molecule has 2 unspecified atom stereocenters. The molecule has 114 valence electrons. The first kappa shape index (κ1) is 13.9. The monoisotopic (exact) mass is 295 g/mol. The van der Waals surface area contributed by atoms with Crippen LogP contribution in [0.5, 0.6) is 0 Å². The average molecular weight is 295 g/mol. The summed E-state index contributed by atoms with van der Waals surface area (Å²) in [7, 11) is 0. The van der Waals surface area contributed by atoms with Crippen molar-refractivity contribution in [2.24, 2.45) is 0 Å². The quantitative estimate of drug-likeness (QED) is 0.849. The van der Waals surface area contributed by atoms with E-state index >= 15 is 0 Å². The molecule has 2 atom stereocenters. The molecule has 0 bridgehead atoms. The van der Waals surface area contributed by atoms with Gasteiger partial charge in [-0.1, -0.05) is 54.6 Å². The van der Waals surface area contributed by atoms with E-state index in [1.807, 2.05) is 6.07 Å². The minimum absolute atomic E-state index is 0.180. The molecule has 2 aliphatic heterocycles. The Bertz CT molecular complexity index is 611. The molecule has 0 spiro atoms. The Hall–Kier alpha value is -1.68. The molecule has 22 heavy (non-hydrogen) atoms. The van der Waals surface area contributed by atoms with Gasteiger partial charge in [0.25, 0.3) is 0 Å². The zero-order valence-electron chi connectivity index (χ0n) is 12.7. The maximum atomic E-state index is 6.06. The molecule has 2 aromatic rings. The molecule has 4 rings (SSSR count). The van der Waals surface area contributed by atoms with Crippen molar-refractivity contribution < 1.29 is 9.47 Å². The first-order valence-corrected chi connectivity index (χ1v) is 7.99. The second-order valence-electron chi connectivity index (χ2n) is 6.03. The summed E-state index contributed by atoms with van der Waals surface area (Å²) in [6.07, 6.45) is 0.180. The highest BCUT2D eigenvalue weighted by atomic mass is 16.5. The normalized spacial score (nSPS) is 25.6. The number of morpholine rings is 2. The van der Waals surface area contributed by atoms with Crippen LogP contribution in [0, 0.1) is 0 Å². The Morgan fingerprint density at radius 1 is 0.864 bits per heavy atom. The average Bonchev–Trinajstić information content (AvgIpc) is 2.62. The van der Waals surface area contributed by atoms with Gasteiger partial charge in [-0.2, -0.15) is 0 Å². The second-order valence-corrected chi connectivity index (χ2v) is 6.03. The Labute approximate surface area is 131 Å². The smallest absolute Gasteiger partial charge is 0.0952 e. The van der Waals surface area contributed by atoms with E-state index < -0.39 is 0 Å². The molecule has 0 aromatic heterocycles. The number of benzene rings is 2. The van der Waals surface area contributed by atoms with Crippen LogP contribution in [-0.2, 0) is 9.47 Å². The summed E-state index contributed by atoms with van der Waals surface area (Å²) in [5.74, 6) is 0. The molecule has 2 heterocycles. The van der Waals surface area contributed by atoms with E-state index in [2.05, 4.69) is 53.4 Å². The zero-order chi connectivity index (χ0) is 14.8. The lowest BCUT2D eigenvalue weighted by molar-refractivity contribution is -0.117. The molecule has 0 aliphatic carbocycles. The molecule has 0 N–H and O–H groups in total. The van der Waals surface area contributed by atoms with Gasteiger partial charge in [0.1, 0.15) is 0 Å². The Balaban J connectivity index is 1.49. The summed E-state index contributed by atoms with van der Waals surface area (Å²) < 4.78 is 11.6. The number of nitrogens with zero attached hydrogens (tertiary/aromatic N) is 1. The van der Waals surface area contributed by atoms with Crippen molar-refractivity contribution in [1.29, 1.82) is 0 Å². The van der Waals surface area contributed by atoms with Crippen molar-refractivity contribution in [1.82, 2.24) is 4.90 Å². The van der Waals surface area contributed by atoms with Crippen LogP contribution in [0.25, 0.3) is 11.1 Å². The van der Waals surface area contributed by atoms with Gasteiger partial charge >= 0.3 is 0 Å². The molecule has 2 fully saturated rings. The van der Waals surface area contributed by atoms with Crippen LogP contribution in [0.1, 0.15) is 11.7 Å². The van der Waals surface area contributed by atoms with Crippen LogP contribution in [0.2, 0.25) is 0 Å². The highest BCUT2D eigenvalue weighted by Crippen LogP contribution is 2.28. The van der Waals surface area contributed by atoms with Crippen LogP contribution < -0.4 is 0 Å². The fourth-order valence-corrected chi connectivity index (χ4v) is 3.30. The fraction of sp³-hybridized carbons (Fsp3) is 0.368. The molecule has 2 aliphatic rings. The van der Waals surface area contributed by atoms with E-state index in [0.717, 1.165) is 32.9 Å². The molecule has 2 aromatic carbocycles. The lowest BCUT2D eigenvalue weighted by Crippen LogP contribution is -2.53. The van der Waals surface area contributed by atoms with Gasteiger partial charge < -0.3 is 9.47 Å². The summed E-state index contributed by atoms with van der Waals surface area (Å²) in [5, 5.41) is 0. The molecule has 0 radical (unpaired) electrons. The van der Waals surface area contributed by atoms with Crippen molar-refractivity contribution in [2.75, 3.05) is 32.9 Å². The Morgan fingerprint density at radius 2 is 1.64 bits per heavy atom. The van der Waals surface area contributed by atoms with Crippen molar-refractivity contribution >= 4 is 0 Å². The lowest BCUT2D eigenvalue weighted by Gasteiger charge is -2.42. The third-order valence-corrected chi connectivity index (χ3v) is 4.63. The van der Waals surface area contributed by atoms with Gasteiger partial charge in [-0.25, -0.2) is 0 Å². The van der Waals surface area contributed by atoms with Crippen LogP contribution in [0.15, 0.2) is 54.6 Å². The maximum Gasteiger partial charge on any atom is 0.0952 e. The summed E-state index contributed by atoms with van der Waals surface area (Å²) >= 11 is 0. The highest BCUT2D eigenvalue weighted by molar-refractivity contribution is 5.63. The first-order valence-electron chi connectivity index (χ1n) is 7.99. The fourth-order valence-electron chi connectivity index (χ4n) is 3.30.